The fraction of sp³-hybridized carbons (Fsp3) is 0.588. The summed E-state index contributed by atoms with van der Waals surface area (Å²) in [6, 6.07) is 1.39. The van der Waals surface area contributed by atoms with Crippen LogP contribution in [0.4, 0.5) is 4.39 Å². The molecule has 2 N–H and O–H groups in total. The van der Waals surface area contributed by atoms with Crippen LogP contribution in [0.5, 0.6) is 0 Å². The number of alkyl halides is 1. The van der Waals surface area contributed by atoms with Gasteiger partial charge in [-0.2, -0.15) is 0 Å². The third-order valence-electron chi connectivity index (χ3n) is 5.86. The molecule has 0 unspecified atom stereocenters. The van der Waals surface area contributed by atoms with E-state index in [0.717, 1.165) is 0 Å². The number of halogens is 1. The summed E-state index contributed by atoms with van der Waals surface area (Å²) in [5, 5.41) is 7.95. The third kappa shape index (κ3) is 2.57. The Morgan fingerprint density at radius 3 is 2.96 bits per heavy atom. The van der Waals surface area contributed by atoms with Gasteiger partial charge >= 0.3 is 0 Å². The molecule has 3 aromatic heterocycles. The molecular formula is C17H21FN6O2S. The fourth-order valence-corrected chi connectivity index (χ4v) is 5.94. The second-order valence-corrected chi connectivity index (χ2v) is 9.65. The summed E-state index contributed by atoms with van der Waals surface area (Å²) in [6.45, 7) is 1.92. The molecule has 2 saturated carbocycles. The number of aromatic amines is 1. The van der Waals surface area contributed by atoms with Gasteiger partial charge in [0.15, 0.2) is 22.8 Å². The van der Waals surface area contributed by atoms with E-state index in [9.17, 15) is 8.42 Å². The lowest BCUT2D eigenvalue weighted by atomic mass is 9.89. The molecule has 27 heavy (non-hydrogen) atoms. The van der Waals surface area contributed by atoms with Gasteiger partial charge in [-0.25, -0.2) is 22.5 Å². The Kier molecular flexibility index (Phi) is 3.61. The Morgan fingerprint density at radius 2 is 2.22 bits per heavy atom. The van der Waals surface area contributed by atoms with Crippen molar-refractivity contribution in [1.82, 2.24) is 29.3 Å². The van der Waals surface area contributed by atoms with Crippen molar-refractivity contribution in [2.45, 2.75) is 56.0 Å². The molecule has 0 aliphatic heterocycles. The number of aromatic nitrogens is 5. The summed E-state index contributed by atoms with van der Waals surface area (Å²) in [4.78, 5) is 7.28. The first kappa shape index (κ1) is 17.1. The first-order valence-electron chi connectivity index (χ1n) is 9.30. The van der Waals surface area contributed by atoms with Gasteiger partial charge in [-0.1, -0.05) is 6.92 Å². The maximum Gasteiger partial charge on any atom is 0.214 e. The predicted molar refractivity (Wildman–Crippen MR) is 97.3 cm³/mol. The van der Waals surface area contributed by atoms with Crippen molar-refractivity contribution >= 4 is 26.8 Å². The van der Waals surface area contributed by atoms with Crippen LogP contribution < -0.4 is 4.72 Å². The van der Waals surface area contributed by atoms with E-state index < -0.39 is 21.7 Å². The highest BCUT2D eigenvalue weighted by atomic mass is 32.2. The minimum absolute atomic E-state index is 0.0620. The molecule has 0 bridgehead atoms. The highest BCUT2D eigenvalue weighted by Crippen LogP contribution is 2.48. The minimum Gasteiger partial charge on any atom is -0.345 e. The number of fused-ring (bicyclic) bond motifs is 3. The van der Waals surface area contributed by atoms with Crippen molar-refractivity contribution in [2.75, 3.05) is 0 Å². The molecule has 10 heteroatoms. The van der Waals surface area contributed by atoms with Gasteiger partial charge in [-0.05, 0) is 31.7 Å². The Morgan fingerprint density at radius 1 is 1.41 bits per heavy atom. The van der Waals surface area contributed by atoms with Crippen molar-refractivity contribution in [3.05, 3.63) is 24.3 Å². The predicted octanol–water partition coefficient (Wildman–Crippen LogP) is 2.04. The summed E-state index contributed by atoms with van der Waals surface area (Å²) in [7, 11) is -3.36. The number of sulfonamides is 1. The van der Waals surface area contributed by atoms with E-state index in [1.807, 2.05) is 13.0 Å². The van der Waals surface area contributed by atoms with Gasteiger partial charge in [-0.15, -0.1) is 10.2 Å². The van der Waals surface area contributed by atoms with Gasteiger partial charge in [0, 0.05) is 24.6 Å². The molecule has 0 spiro atoms. The molecule has 144 valence electrons. The smallest absolute Gasteiger partial charge is 0.214 e. The number of hydrogen-bond acceptors (Lipinski definition) is 5. The standard InChI is InChI=1S/C17H21FN6O2S/c1-2-10-7-11(23-27(25,26)12-3-4-12)8-17(10,18)16-22-21-14-9-20-15-13(24(14)16)5-6-19-15/h5-6,9-12,19,23H,2-4,7-8H2,1H3/t10-,11+,17+/m0/s1. The topological polar surface area (TPSA) is 105 Å². The molecule has 2 fully saturated rings. The number of nitrogens with zero attached hydrogens (tertiary/aromatic N) is 4. The zero-order valence-corrected chi connectivity index (χ0v) is 15.7. The van der Waals surface area contributed by atoms with Crippen LogP contribution in [0, 0.1) is 5.92 Å². The molecule has 0 saturated heterocycles. The maximum atomic E-state index is 16.4. The Balaban J connectivity index is 1.56. The third-order valence-corrected chi connectivity index (χ3v) is 7.87. The number of H-pyrrole nitrogens is 1. The number of hydrogen-bond donors (Lipinski definition) is 2. The fourth-order valence-electron chi connectivity index (χ4n) is 4.34. The van der Waals surface area contributed by atoms with Crippen LogP contribution in [-0.2, 0) is 15.7 Å². The van der Waals surface area contributed by atoms with E-state index in [-0.39, 0.29) is 23.4 Å². The molecule has 3 aromatic rings. The normalized spacial score (nSPS) is 29.1. The molecular weight excluding hydrogens is 371 g/mol. The lowest BCUT2D eigenvalue weighted by molar-refractivity contribution is 0.0927. The summed E-state index contributed by atoms with van der Waals surface area (Å²) in [5.41, 5.74) is 0.0627. The van der Waals surface area contributed by atoms with Crippen molar-refractivity contribution in [3.8, 4) is 0 Å². The second-order valence-electron chi connectivity index (χ2n) is 7.65. The van der Waals surface area contributed by atoms with Gasteiger partial charge in [0.25, 0.3) is 0 Å². The van der Waals surface area contributed by atoms with Gasteiger partial charge in [0.1, 0.15) is 0 Å². The SMILES string of the molecule is CC[C@H]1C[C@@H](NS(=O)(=O)C2CC2)C[C@]1(F)c1nnc2cnc3[nH]ccc3n12. The van der Waals surface area contributed by atoms with Gasteiger partial charge in [-0.3, -0.25) is 4.40 Å². The molecule has 0 amide bonds. The molecule has 3 heterocycles. The maximum absolute atomic E-state index is 16.4. The van der Waals surface area contributed by atoms with E-state index in [1.165, 1.54) is 0 Å². The minimum atomic E-state index is -3.36. The van der Waals surface area contributed by atoms with E-state index in [1.54, 1.807) is 16.8 Å². The van der Waals surface area contributed by atoms with Crippen LogP contribution in [0.25, 0.3) is 16.8 Å². The zero-order chi connectivity index (χ0) is 18.8. The first-order valence-corrected chi connectivity index (χ1v) is 10.8. The quantitative estimate of drug-likeness (QED) is 0.691. The Labute approximate surface area is 155 Å². The second kappa shape index (κ2) is 5.71. The van der Waals surface area contributed by atoms with Crippen LogP contribution in [0.1, 0.15) is 44.9 Å². The lowest BCUT2D eigenvalue weighted by Crippen LogP contribution is -2.36. The van der Waals surface area contributed by atoms with Crippen molar-refractivity contribution < 1.29 is 12.8 Å². The van der Waals surface area contributed by atoms with E-state index >= 15 is 4.39 Å². The van der Waals surface area contributed by atoms with E-state index in [0.29, 0.717) is 42.5 Å². The largest absolute Gasteiger partial charge is 0.345 e. The van der Waals surface area contributed by atoms with Crippen molar-refractivity contribution in [1.29, 1.82) is 0 Å². The van der Waals surface area contributed by atoms with Crippen LogP contribution >= 0.6 is 0 Å². The Hall–Kier alpha value is -2.07. The number of nitrogens with one attached hydrogen (secondary N) is 2. The molecule has 0 aromatic carbocycles. The van der Waals surface area contributed by atoms with Gasteiger partial charge < -0.3 is 4.98 Å². The molecule has 2 aliphatic carbocycles. The lowest BCUT2D eigenvalue weighted by Gasteiger charge is -2.24. The highest BCUT2D eigenvalue weighted by Gasteiger charge is 2.53. The van der Waals surface area contributed by atoms with E-state index in [4.69, 9.17) is 0 Å². The average molecular weight is 392 g/mol. The van der Waals surface area contributed by atoms with Crippen LogP contribution in [0.3, 0.4) is 0 Å². The molecule has 2 aliphatic rings. The molecule has 0 radical (unpaired) electrons. The van der Waals surface area contributed by atoms with E-state index in [2.05, 4.69) is 24.9 Å². The molecule has 5 rings (SSSR count). The molecule has 8 nitrogen and oxygen atoms in total. The summed E-state index contributed by atoms with van der Waals surface area (Å²) in [5.74, 6) is -0.108. The zero-order valence-electron chi connectivity index (χ0n) is 14.9. The number of rotatable bonds is 5. The summed E-state index contributed by atoms with van der Waals surface area (Å²) in [6.07, 6.45) is 5.78. The Bertz CT molecular complexity index is 1120. The monoisotopic (exact) mass is 392 g/mol. The van der Waals surface area contributed by atoms with Crippen molar-refractivity contribution in [3.63, 3.8) is 0 Å². The van der Waals surface area contributed by atoms with Crippen molar-refractivity contribution in [2.24, 2.45) is 5.92 Å². The van der Waals surface area contributed by atoms with Crippen LogP contribution in [0.15, 0.2) is 18.5 Å². The van der Waals surface area contributed by atoms with Crippen LogP contribution in [-0.4, -0.2) is 44.3 Å². The van der Waals surface area contributed by atoms with Gasteiger partial charge in [0.05, 0.1) is 17.0 Å². The van der Waals surface area contributed by atoms with Gasteiger partial charge in [0.2, 0.25) is 10.0 Å². The molecule has 3 atom stereocenters. The summed E-state index contributed by atoms with van der Waals surface area (Å²) < 4.78 is 45.4. The highest BCUT2D eigenvalue weighted by molar-refractivity contribution is 7.90. The van der Waals surface area contributed by atoms with Crippen LogP contribution in [0.2, 0.25) is 0 Å². The average Bonchev–Trinajstić information content (AvgIpc) is 3.11. The summed E-state index contributed by atoms with van der Waals surface area (Å²) >= 11 is 0. The first-order chi connectivity index (χ1) is 12.9.